The average molecular weight is 628 g/mol. The fourth-order valence-electron chi connectivity index (χ4n) is 4.74. The molecule has 37 heavy (non-hydrogen) atoms. The maximum Gasteiger partial charge on any atom is 0.179 e. The van der Waals surface area contributed by atoms with Gasteiger partial charge in [0.2, 0.25) is 0 Å². The molecule has 6 rings (SSSR count). The van der Waals surface area contributed by atoms with Crippen molar-refractivity contribution in [2.24, 2.45) is 0 Å². The summed E-state index contributed by atoms with van der Waals surface area (Å²) in [5, 5.41) is 13.1. The number of anilines is 2. The van der Waals surface area contributed by atoms with Crippen molar-refractivity contribution in [2.75, 3.05) is 42.2 Å². The molecule has 1 fully saturated rings. The molecule has 4 heterocycles. The van der Waals surface area contributed by atoms with Crippen molar-refractivity contribution in [1.82, 2.24) is 19.8 Å². The Morgan fingerprint density at radius 2 is 1.70 bits per heavy atom. The van der Waals surface area contributed by atoms with Gasteiger partial charge < -0.3 is 14.5 Å². The Balaban J connectivity index is 1.29. The van der Waals surface area contributed by atoms with Crippen LogP contribution in [0.5, 0.6) is 5.75 Å². The summed E-state index contributed by atoms with van der Waals surface area (Å²) < 4.78 is 32.6. The fraction of sp³-hybridized carbons (Fsp3) is 0.231. The van der Waals surface area contributed by atoms with Crippen LogP contribution in [0.3, 0.4) is 0 Å². The second-order valence-electron chi connectivity index (χ2n) is 9.11. The van der Waals surface area contributed by atoms with Crippen LogP contribution in [-0.4, -0.2) is 60.7 Å². The molecule has 0 unspecified atom stereocenters. The standard InChI is InChI=1S/C26H25IN6O3S/c1-37(34,35)21-9-7-19(8-10-21)31-11-13-32(14-12-31)22-15-20(36-17-18-5-3-2-4-6-18)16-33-24(22)23-25(27)28-29-26(23)30-33/h2-10,15-16H,11-14,17H2,1H3,(H,29,30). The summed E-state index contributed by atoms with van der Waals surface area (Å²) in [5.74, 6) is 0.748. The Labute approximate surface area is 228 Å². The number of aromatic nitrogens is 4. The summed E-state index contributed by atoms with van der Waals surface area (Å²) >= 11 is 2.24. The number of nitrogens with one attached hydrogen (secondary N) is 1. The van der Waals surface area contributed by atoms with E-state index >= 15 is 0 Å². The first-order chi connectivity index (χ1) is 17.9. The van der Waals surface area contributed by atoms with Crippen LogP contribution in [0, 0.1) is 3.70 Å². The SMILES string of the molecule is CS(=O)(=O)c1ccc(N2CCN(c3cc(OCc4ccccc4)cn4nc5[nH]nc(I)c5c34)CC2)cc1. The number of sulfone groups is 1. The predicted molar refractivity (Wildman–Crippen MR) is 152 cm³/mol. The molecule has 1 aliphatic heterocycles. The van der Waals surface area contributed by atoms with Crippen molar-refractivity contribution >= 4 is 60.4 Å². The number of nitrogens with zero attached hydrogens (tertiary/aromatic N) is 5. The van der Waals surface area contributed by atoms with Crippen LogP contribution in [-0.2, 0) is 16.4 Å². The molecule has 1 N–H and O–H groups in total. The summed E-state index contributed by atoms with van der Waals surface area (Å²) in [6.45, 7) is 3.68. The second-order valence-corrected chi connectivity index (χ2v) is 12.1. The van der Waals surface area contributed by atoms with Gasteiger partial charge in [0.25, 0.3) is 0 Å². The number of fused-ring (bicyclic) bond motifs is 3. The zero-order valence-electron chi connectivity index (χ0n) is 20.1. The van der Waals surface area contributed by atoms with Crippen LogP contribution in [0.2, 0.25) is 0 Å². The molecule has 0 bridgehead atoms. The molecule has 0 spiro atoms. The summed E-state index contributed by atoms with van der Waals surface area (Å²) in [5.41, 5.74) is 4.93. The Bertz CT molecular complexity index is 1670. The lowest BCUT2D eigenvalue weighted by atomic mass is 10.2. The van der Waals surface area contributed by atoms with Gasteiger partial charge in [-0.05, 0) is 52.4 Å². The maximum absolute atomic E-state index is 11.8. The highest BCUT2D eigenvalue weighted by molar-refractivity contribution is 14.1. The van der Waals surface area contributed by atoms with Gasteiger partial charge in [-0.1, -0.05) is 30.3 Å². The largest absolute Gasteiger partial charge is 0.487 e. The average Bonchev–Trinajstić information content (AvgIpc) is 3.46. The molecule has 2 aromatic carbocycles. The topological polar surface area (TPSA) is 95.8 Å². The van der Waals surface area contributed by atoms with Crippen LogP contribution in [0.1, 0.15) is 5.56 Å². The van der Waals surface area contributed by atoms with Crippen LogP contribution in [0.15, 0.2) is 71.8 Å². The van der Waals surface area contributed by atoms with Crippen molar-refractivity contribution < 1.29 is 13.2 Å². The Hall–Kier alpha value is -3.32. The van der Waals surface area contributed by atoms with Crippen LogP contribution >= 0.6 is 22.6 Å². The third kappa shape index (κ3) is 4.73. The normalized spacial score (nSPS) is 14.5. The number of aromatic amines is 1. The molecule has 0 atom stereocenters. The molecule has 3 aromatic heterocycles. The van der Waals surface area contributed by atoms with Gasteiger partial charge in [-0.3, -0.25) is 5.10 Å². The molecule has 11 heteroatoms. The summed E-state index contributed by atoms with van der Waals surface area (Å²) in [7, 11) is -3.21. The van der Waals surface area contributed by atoms with Crippen molar-refractivity contribution in [3.8, 4) is 5.75 Å². The van der Waals surface area contributed by atoms with Crippen molar-refractivity contribution in [3.63, 3.8) is 0 Å². The second kappa shape index (κ2) is 9.53. The quantitative estimate of drug-likeness (QED) is 0.283. The Morgan fingerprint density at radius 3 is 2.41 bits per heavy atom. The van der Waals surface area contributed by atoms with E-state index in [1.165, 1.54) is 6.26 Å². The van der Waals surface area contributed by atoms with Gasteiger partial charge in [0.15, 0.2) is 15.5 Å². The van der Waals surface area contributed by atoms with Gasteiger partial charge in [0.1, 0.15) is 21.6 Å². The molecule has 0 saturated carbocycles. The Morgan fingerprint density at radius 1 is 1.00 bits per heavy atom. The first-order valence-electron chi connectivity index (χ1n) is 11.9. The van der Waals surface area contributed by atoms with Crippen molar-refractivity contribution in [2.45, 2.75) is 11.5 Å². The zero-order chi connectivity index (χ0) is 25.6. The molecular formula is C26H25IN6O3S. The minimum atomic E-state index is -3.21. The first kappa shape index (κ1) is 24.0. The van der Waals surface area contributed by atoms with Gasteiger partial charge in [0, 0.05) is 44.2 Å². The Kier molecular flexibility index (Phi) is 6.19. The van der Waals surface area contributed by atoms with E-state index in [0.29, 0.717) is 11.5 Å². The number of piperazine rings is 1. The van der Waals surface area contributed by atoms with E-state index in [1.807, 2.05) is 53.2 Å². The molecule has 0 radical (unpaired) electrons. The monoisotopic (exact) mass is 628 g/mol. The van der Waals surface area contributed by atoms with E-state index in [0.717, 1.165) is 69.1 Å². The number of pyridine rings is 1. The summed E-state index contributed by atoms with van der Waals surface area (Å²) in [4.78, 5) is 4.98. The smallest absolute Gasteiger partial charge is 0.179 e. The highest BCUT2D eigenvalue weighted by Crippen LogP contribution is 2.35. The molecule has 1 saturated heterocycles. The lowest BCUT2D eigenvalue weighted by Gasteiger charge is -2.37. The van der Waals surface area contributed by atoms with E-state index in [9.17, 15) is 8.42 Å². The third-order valence-corrected chi connectivity index (χ3v) is 8.56. The van der Waals surface area contributed by atoms with Crippen LogP contribution in [0.25, 0.3) is 16.6 Å². The molecule has 0 aliphatic carbocycles. The minimum Gasteiger partial charge on any atom is -0.487 e. The molecular weight excluding hydrogens is 603 g/mol. The number of rotatable bonds is 6. The zero-order valence-corrected chi connectivity index (χ0v) is 23.1. The lowest BCUT2D eigenvalue weighted by molar-refractivity contribution is 0.304. The minimum absolute atomic E-state index is 0.337. The lowest BCUT2D eigenvalue weighted by Crippen LogP contribution is -2.46. The number of hydrogen-bond acceptors (Lipinski definition) is 7. The van der Waals surface area contributed by atoms with E-state index < -0.39 is 9.84 Å². The predicted octanol–water partition coefficient (Wildman–Crippen LogP) is 4.12. The number of halogens is 1. The van der Waals surface area contributed by atoms with Gasteiger partial charge >= 0.3 is 0 Å². The first-order valence-corrected chi connectivity index (χ1v) is 14.9. The number of benzene rings is 2. The van der Waals surface area contributed by atoms with Crippen LogP contribution < -0.4 is 14.5 Å². The van der Waals surface area contributed by atoms with Crippen LogP contribution in [0.4, 0.5) is 11.4 Å². The van der Waals surface area contributed by atoms with Gasteiger partial charge in [-0.25, -0.2) is 12.9 Å². The third-order valence-electron chi connectivity index (χ3n) is 6.65. The highest BCUT2D eigenvalue weighted by Gasteiger charge is 2.24. The summed E-state index contributed by atoms with van der Waals surface area (Å²) in [6.07, 6.45) is 3.15. The highest BCUT2D eigenvalue weighted by atomic mass is 127. The molecule has 1 aliphatic rings. The molecule has 9 nitrogen and oxygen atoms in total. The molecule has 5 aromatic rings. The van der Waals surface area contributed by atoms with E-state index in [4.69, 9.17) is 9.84 Å². The number of ether oxygens (including phenoxy) is 1. The molecule has 190 valence electrons. The number of hydrogen-bond donors (Lipinski definition) is 1. The van der Waals surface area contributed by atoms with E-state index in [-0.39, 0.29) is 0 Å². The van der Waals surface area contributed by atoms with E-state index in [1.54, 1.807) is 12.1 Å². The number of H-pyrrole nitrogens is 1. The van der Waals surface area contributed by atoms with Crippen molar-refractivity contribution in [1.29, 1.82) is 0 Å². The van der Waals surface area contributed by atoms with Gasteiger partial charge in [-0.15, -0.1) is 5.10 Å². The maximum atomic E-state index is 11.8. The van der Waals surface area contributed by atoms with Gasteiger partial charge in [-0.2, -0.15) is 5.10 Å². The van der Waals surface area contributed by atoms with Gasteiger partial charge in [0.05, 0.1) is 22.2 Å². The van der Waals surface area contributed by atoms with E-state index in [2.05, 4.69) is 48.7 Å². The fourth-order valence-corrected chi connectivity index (χ4v) is 6.00. The summed E-state index contributed by atoms with van der Waals surface area (Å²) in [6, 6.07) is 19.3. The molecule has 0 amide bonds. The van der Waals surface area contributed by atoms with Crippen molar-refractivity contribution in [3.05, 3.63) is 76.1 Å².